The fraction of sp³-hybridized carbons (Fsp3) is 0.706. The lowest BCUT2D eigenvalue weighted by Crippen LogP contribution is -2.25. The fourth-order valence-electron chi connectivity index (χ4n) is 3.07. The molecule has 2 aliphatic carbocycles. The molecule has 21 heavy (non-hydrogen) atoms. The number of nitrogens with zero attached hydrogens (tertiary/aromatic N) is 1. The summed E-state index contributed by atoms with van der Waals surface area (Å²) >= 11 is 6.23. The summed E-state index contributed by atoms with van der Waals surface area (Å²) in [5, 5.41) is 4.19. The molecule has 1 aromatic rings. The molecule has 1 aromatic heterocycles. The molecule has 0 saturated heterocycles. The second-order valence-corrected chi connectivity index (χ2v) is 6.82. The molecule has 1 N–H and O–H groups in total. The Morgan fingerprint density at radius 3 is 2.90 bits per heavy atom. The van der Waals surface area contributed by atoms with Crippen molar-refractivity contribution < 1.29 is 4.74 Å². The lowest BCUT2D eigenvalue weighted by molar-refractivity contribution is 0.117. The Bertz CT molecular complexity index is 476. The summed E-state index contributed by atoms with van der Waals surface area (Å²) in [7, 11) is 0. The Labute approximate surface area is 132 Å². The molecule has 0 bridgehead atoms. The summed E-state index contributed by atoms with van der Waals surface area (Å²) in [6.07, 6.45) is 9.05. The third kappa shape index (κ3) is 4.33. The van der Waals surface area contributed by atoms with Crippen molar-refractivity contribution in [2.45, 2.75) is 70.6 Å². The number of pyridine rings is 1. The standard InChI is InChI=1S/C17H25ClN2O/c1-2-12-4-3-5-14(10-12)21-17-9-8-15(18)16(20-17)11-19-13-6-7-13/h8-9,12-14,19H,2-7,10-11H2,1H3. The summed E-state index contributed by atoms with van der Waals surface area (Å²) in [5.74, 6) is 1.54. The number of hydrogen-bond acceptors (Lipinski definition) is 3. The van der Waals surface area contributed by atoms with Crippen LogP contribution in [0.15, 0.2) is 12.1 Å². The topological polar surface area (TPSA) is 34.1 Å². The molecule has 2 fully saturated rings. The van der Waals surface area contributed by atoms with Crippen LogP contribution in [0.1, 0.15) is 57.6 Å². The van der Waals surface area contributed by atoms with Gasteiger partial charge in [0.1, 0.15) is 6.10 Å². The van der Waals surface area contributed by atoms with E-state index in [0.29, 0.717) is 12.1 Å². The van der Waals surface area contributed by atoms with E-state index < -0.39 is 0 Å². The van der Waals surface area contributed by atoms with Gasteiger partial charge in [-0.05, 0) is 44.1 Å². The highest BCUT2D eigenvalue weighted by Gasteiger charge is 2.23. The maximum absolute atomic E-state index is 6.23. The highest BCUT2D eigenvalue weighted by atomic mass is 35.5. The zero-order chi connectivity index (χ0) is 14.7. The van der Waals surface area contributed by atoms with Crippen LogP contribution >= 0.6 is 11.6 Å². The second kappa shape index (κ2) is 6.97. The minimum atomic E-state index is 0.321. The zero-order valence-electron chi connectivity index (χ0n) is 12.8. The van der Waals surface area contributed by atoms with Crippen LogP contribution in [0.3, 0.4) is 0 Å². The molecule has 116 valence electrons. The van der Waals surface area contributed by atoms with E-state index in [1.807, 2.05) is 12.1 Å². The quantitative estimate of drug-likeness (QED) is 0.849. The van der Waals surface area contributed by atoms with E-state index in [0.717, 1.165) is 41.9 Å². The van der Waals surface area contributed by atoms with Crippen LogP contribution in [0.2, 0.25) is 5.02 Å². The van der Waals surface area contributed by atoms with Crippen molar-refractivity contribution in [2.24, 2.45) is 5.92 Å². The first-order chi connectivity index (χ1) is 10.2. The third-order valence-electron chi connectivity index (χ3n) is 4.63. The third-order valence-corrected chi connectivity index (χ3v) is 4.97. The number of ether oxygens (including phenoxy) is 1. The molecule has 2 saturated carbocycles. The monoisotopic (exact) mass is 308 g/mol. The maximum atomic E-state index is 6.23. The van der Waals surface area contributed by atoms with Gasteiger partial charge in [-0.3, -0.25) is 0 Å². The predicted molar refractivity (Wildman–Crippen MR) is 85.8 cm³/mol. The SMILES string of the molecule is CCC1CCCC(Oc2ccc(Cl)c(CNC3CC3)n2)C1. The van der Waals surface area contributed by atoms with Gasteiger partial charge in [-0.25, -0.2) is 4.98 Å². The summed E-state index contributed by atoms with van der Waals surface area (Å²) in [4.78, 5) is 4.60. The van der Waals surface area contributed by atoms with E-state index in [1.165, 1.54) is 32.1 Å². The Hall–Kier alpha value is -0.800. The van der Waals surface area contributed by atoms with Crippen LogP contribution in [0.5, 0.6) is 5.88 Å². The van der Waals surface area contributed by atoms with Crippen molar-refractivity contribution in [1.29, 1.82) is 0 Å². The van der Waals surface area contributed by atoms with Crippen LogP contribution in [-0.2, 0) is 6.54 Å². The van der Waals surface area contributed by atoms with Crippen LogP contribution in [0.25, 0.3) is 0 Å². The van der Waals surface area contributed by atoms with Gasteiger partial charge in [0, 0.05) is 18.7 Å². The molecule has 0 aliphatic heterocycles. The lowest BCUT2D eigenvalue weighted by Gasteiger charge is -2.28. The molecular weight excluding hydrogens is 284 g/mol. The van der Waals surface area contributed by atoms with Gasteiger partial charge in [-0.2, -0.15) is 0 Å². The highest BCUT2D eigenvalue weighted by molar-refractivity contribution is 6.31. The van der Waals surface area contributed by atoms with E-state index in [4.69, 9.17) is 16.3 Å². The van der Waals surface area contributed by atoms with E-state index in [2.05, 4.69) is 17.2 Å². The summed E-state index contributed by atoms with van der Waals surface area (Å²) < 4.78 is 6.11. The van der Waals surface area contributed by atoms with Gasteiger partial charge in [0.05, 0.1) is 10.7 Å². The molecule has 0 amide bonds. The average Bonchev–Trinajstić information content (AvgIpc) is 3.32. The molecule has 2 atom stereocenters. The fourth-order valence-corrected chi connectivity index (χ4v) is 3.24. The molecule has 0 aromatic carbocycles. The van der Waals surface area contributed by atoms with Gasteiger partial charge in [-0.1, -0.05) is 31.4 Å². The molecule has 3 nitrogen and oxygen atoms in total. The van der Waals surface area contributed by atoms with Crippen molar-refractivity contribution in [3.05, 3.63) is 22.8 Å². The zero-order valence-corrected chi connectivity index (χ0v) is 13.5. The van der Waals surface area contributed by atoms with E-state index in [1.54, 1.807) is 0 Å². The van der Waals surface area contributed by atoms with E-state index in [9.17, 15) is 0 Å². The molecule has 1 heterocycles. The number of nitrogens with one attached hydrogen (secondary N) is 1. The number of rotatable bonds is 6. The number of halogens is 1. The first kappa shape index (κ1) is 15.1. The molecule has 3 rings (SSSR count). The predicted octanol–water partition coefficient (Wildman–Crippen LogP) is 4.33. The first-order valence-corrected chi connectivity index (χ1v) is 8.68. The second-order valence-electron chi connectivity index (χ2n) is 6.41. The highest BCUT2D eigenvalue weighted by Crippen LogP contribution is 2.30. The normalized spacial score (nSPS) is 25.8. The van der Waals surface area contributed by atoms with E-state index in [-0.39, 0.29) is 0 Å². The Morgan fingerprint density at radius 2 is 2.14 bits per heavy atom. The summed E-state index contributed by atoms with van der Waals surface area (Å²) in [6.45, 7) is 3.01. The molecule has 0 spiro atoms. The van der Waals surface area contributed by atoms with E-state index >= 15 is 0 Å². The first-order valence-electron chi connectivity index (χ1n) is 8.30. The van der Waals surface area contributed by atoms with Crippen LogP contribution in [-0.4, -0.2) is 17.1 Å². The van der Waals surface area contributed by atoms with Crippen molar-refractivity contribution >= 4 is 11.6 Å². The van der Waals surface area contributed by atoms with Crippen molar-refractivity contribution in [2.75, 3.05) is 0 Å². The van der Waals surface area contributed by atoms with Crippen molar-refractivity contribution in [3.8, 4) is 5.88 Å². The Morgan fingerprint density at radius 1 is 1.29 bits per heavy atom. The van der Waals surface area contributed by atoms with Crippen LogP contribution < -0.4 is 10.1 Å². The Kier molecular flexibility index (Phi) is 5.02. The molecule has 4 heteroatoms. The molecule has 2 unspecified atom stereocenters. The van der Waals surface area contributed by atoms with Crippen molar-refractivity contribution in [1.82, 2.24) is 10.3 Å². The smallest absolute Gasteiger partial charge is 0.213 e. The van der Waals surface area contributed by atoms with Crippen molar-refractivity contribution in [3.63, 3.8) is 0 Å². The Balaban J connectivity index is 1.60. The number of aromatic nitrogens is 1. The van der Waals surface area contributed by atoms with Gasteiger partial charge in [0.15, 0.2) is 0 Å². The summed E-state index contributed by atoms with van der Waals surface area (Å²) in [5.41, 5.74) is 0.906. The molecule has 0 radical (unpaired) electrons. The van der Waals surface area contributed by atoms with Crippen LogP contribution in [0, 0.1) is 5.92 Å². The largest absolute Gasteiger partial charge is 0.474 e. The van der Waals surface area contributed by atoms with Gasteiger partial charge in [0.2, 0.25) is 5.88 Å². The number of hydrogen-bond donors (Lipinski definition) is 1. The average molecular weight is 309 g/mol. The van der Waals surface area contributed by atoms with Gasteiger partial charge in [-0.15, -0.1) is 0 Å². The lowest BCUT2D eigenvalue weighted by atomic mass is 9.85. The minimum absolute atomic E-state index is 0.321. The summed E-state index contributed by atoms with van der Waals surface area (Å²) in [6, 6.07) is 4.48. The van der Waals surface area contributed by atoms with Gasteiger partial charge in [0.25, 0.3) is 0 Å². The van der Waals surface area contributed by atoms with Gasteiger partial charge >= 0.3 is 0 Å². The minimum Gasteiger partial charge on any atom is -0.474 e. The van der Waals surface area contributed by atoms with Crippen LogP contribution in [0.4, 0.5) is 0 Å². The molecule has 2 aliphatic rings. The maximum Gasteiger partial charge on any atom is 0.213 e. The van der Waals surface area contributed by atoms with Gasteiger partial charge < -0.3 is 10.1 Å². The molecular formula is C17H25ClN2O.